The summed E-state index contributed by atoms with van der Waals surface area (Å²) < 4.78 is 2.01. The lowest BCUT2D eigenvalue weighted by molar-refractivity contribution is 0.0970. The third-order valence-corrected chi connectivity index (χ3v) is 5.09. The molecule has 0 spiro atoms. The van der Waals surface area contributed by atoms with Gasteiger partial charge in [0, 0.05) is 36.3 Å². The maximum atomic E-state index is 12.2. The van der Waals surface area contributed by atoms with E-state index < -0.39 is 0 Å². The number of nitrogens with zero attached hydrogens (tertiary/aromatic N) is 3. The average molecular weight is 352 g/mol. The second-order valence-corrected chi connectivity index (χ2v) is 6.74. The van der Waals surface area contributed by atoms with Gasteiger partial charge in [-0.3, -0.25) is 14.9 Å². The van der Waals surface area contributed by atoms with Crippen LogP contribution in [0.25, 0.3) is 11.4 Å². The fraction of sp³-hybridized carbons (Fsp3) is 0.222. The molecule has 1 aliphatic carbocycles. The van der Waals surface area contributed by atoms with Crippen LogP contribution in [0.2, 0.25) is 0 Å². The van der Waals surface area contributed by atoms with E-state index >= 15 is 0 Å². The largest absolute Gasteiger partial charge is 0.346 e. The molecule has 0 saturated carbocycles. The summed E-state index contributed by atoms with van der Waals surface area (Å²) >= 11 is 1.46. The van der Waals surface area contributed by atoms with Crippen LogP contribution in [0.4, 0.5) is 5.95 Å². The van der Waals surface area contributed by atoms with Gasteiger partial charge >= 0.3 is 0 Å². The van der Waals surface area contributed by atoms with Gasteiger partial charge in [0.05, 0.1) is 17.0 Å². The first-order chi connectivity index (χ1) is 12.1. The third kappa shape index (κ3) is 2.87. The van der Waals surface area contributed by atoms with Crippen molar-refractivity contribution in [2.45, 2.75) is 19.3 Å². The molecule has 7 heteroatoms. The molecule has 0 bridgehead atoms. The van der Waals surface area contributed by atoms with Crippen LogP contribution >= 0.6 is 11.3 Å². The van der Waals surface area contributed by atoms with Crippen molar-refractivity contribution in [3.63, 3.8) is 0 Å². The monoisotopic (exact) mass is 352 g/mol. The maximum Gasteiger partial charge on any atom is 0.258 e. The van der Waals surface area contributed by atoms with E-state index in [1.807, 2.05) is 23.1 Å². The zero-order valence-electron chi connectivity index (χ0n) is 13.7. The quantitative estimate of drug-likeness (QED) is 0.784. The van der Waals surface area contributed by atoms with Crippen LogP contribution < -0.4 is 5.32 Å². The van der Waals surface area contributed by atoms with E-state index in [0.29, 0.717) is 17.7 Å². The number of thiophene rings is 1. The Hall–Kier alpha value is -2.80. The molecule has 3 aromatic heterocycles. The standard InChI is InChI=1S/C18H16N4O2S/c1-22-14-3-2-4-16(23)12(14)9-15(22)13-5-7-19-18(20-13)21-17(24)11-6-8-25-10-11/h5-10H,2-4H2,1H3,(H,19,20,21,24). The topological polar surface area (TPSA) is 76.9 Å². The Morgan fingerprint density at radius 2 is 2.20 bits per heavy atom. The van der Waals surface area contributed by atoms with Gasteiger partial charge in [-0.1, -0.05) is 0 Å². The predicted octanol–water partition coefficient (Wildman–Crippen LogP) is 3.31. The van der Waals surface area contributed by atoms with Gasteiger partial charge in [0.25, 0.3) is 5.91 Å². The molecular weight excluding hydrogens is 336 g/mol. The summed E-state index contributed by atoms with van der Waals surface area (Å²) in [7, 11) is 1.94. The molecule has 3 aromatic rings. The molecule has 0 fully saturated rings. The second-order valence-electron chi connectivity index (χ2n) is 5.96. The normalized spacial score (nSPS) is 13.6. The van der Waals surface area contributed by atoms with Gasteiger partial charge in [0.2, 0.25) is 5.95 Å². The van der Waals surface area contributed by atoms with Crippen molar-refractivity contribution in [3.05, 3.63) is 52.0 Å². The van der Waals surface area contributed by atoms with Crippen molar-refractivity contribution in [2.75, 3.05) is 5.32 Å². The molecule has 0 aromatic carbocycles. The summed E-state index contributed by atoms with van der Waals surface area (Å²) in [5, 5.41) is 6.33. The minimum absolute atomic E-state index is 0.183. The van der Waals surface area contributed by atoms with Crippen LogP contribution in [0.15, 0.2) is 35.2 Å². The summed E-state index contributed by atoms with van der Waals surface area (Å²) in [4.78, 5) is 32.9. The molecular formula is C18H16N4O2S. The number of aromatic nitrogens is 3. The van der Waals surface area contributed by atoms with E-state index in [1.165, 1.54) is 11.3 Å². The average Bonchev–Trinajstić information content (AvgIpc) is 3.25. The zero-order chi connectivity index (χ0) is 17.4. The smallest absolute Gasteiger partial charge is 0.258 e. The van der Waals surface area contributed by atoms with Crippen molar-refractivity contribution >= 4 is 29.0 Å². The van der Waals surface area contributed by atoms with Gasteiger partial charge < -0.3 is 4.57 Å². The Morgan fingerprint density at radius 3 is 2.96 bits per heavy atom. The first-order valence-corrected chi connectivity index (χ1v) is 8.96. The van der Waals surface area contributed by atoms with E-state index in [9.17, 15) is 9.59 Å². The maximum absolute atomic E-state index is 12.2. The molecule has 0 unspecified atom stereocenters. The molecule has 1 aliphatic rings. The van der Waals surface area contributed by atoms with E-state index in [4.69, 9.17) is 0 Å². The van der Waals surface area contributed by atoms with Gasteiger partial charge in [-0.05, 0) is 36.4 Å². The summed E-state index contributed by atoms with van der Waals surface area (Å²) in [6.07, 6.45) is 3.99. The second kappa shape index (κ2) is 6.25. The Morgan fingerprint density at radius 1 is 1.32 bits per heavy atom. The van der Waals surface area contributed by atoms with Gasteiger partial charge in [-0.25, -0.2) is 9.97 Å². The highest BCUT2D eigenvalue weighted by atomic mass is 32.1. The minimum Gasteiger partial charge on any atom is -0.346 e. The molecule has 3 heterocycles. The summed E-state index contributed by atoms with van der Waals surface area (Å²) in [6, 6.07) is 5.43. The van der Waals surface area contributed by atoms with Crippen molar-refractivity contribution in [3.8, 4) is 11.4 Å². The molecule has 0 atom stereocenters. The van der Waals surface area contributed by atoms with Crippen LogP contribution in [0.5, 0.6) is 0 Å². The molecule has 0 radical (unpaired) electrons. The summed E-state index contributed by atoms with van der Waals surface area (Å²) in [5.41, 5.74) is 3.95. The summed E-state index contributed by atoms with van der Waals surface area (Å²) in [5.74, 6) is 0.196. The van der Waals surface area contributed by atoms with Crippen molar-refractivity contribution < 1.29 is 9.59 Å². The first-order valence-electron chi connectivity index (χ1n) is 8.02. The highest BCUT2D eigenvalue weighted by Gasteiger charge is 2.23. The summed E-state index contributed by atoms with van der Waals surface area (Å²) in [6.45, 7) is 0. The van der Waals surface area contributed by atoms with Gasteiger partial charge in [0.1, 0.15) is 0 Å². The van der Waals surface area contributed by atoms with Gasteiger partial charge in [-0.15, -0.1) is 0 Å². The fourth-order valence-electron chi connectivity index (χ4n) is 3.11. The molecule has 1 amide bonds. The number of carbonyl (C=O) groups excluding carboxylic acids is 2. The predicted molar refractivity (Wildman–Crippen MR) is 96.0 cm³/mol. The lowest BCUT2D eigenvalue weighted by Gasteiger charge is -2.12. The Kier molecular flexibility index (Phi) is 3.93. The molecule has 1 N–H and O–H groups in total. The van der Waals surface area contributed by atoms with Crippen molar-refractivity contribution in [1.82, 2.24) is 14.5 Å². The first kappa shape index (κ1) is 15.7. The SMILES string of the molecule is Cn1c(-c2ccnc(NC(=O)c3ccsc3)n2)cc2c1CCCC2=O. The number of hydrogen-bond donors (Lipinski definition) is 1. The number of nitrogens with one attached hydrogen (secondary N) is 1. The van der Waals surface area contributed by atoms with Crippen LogP contribution in [-0.2, 0) is 13.5 Å². The lowest BCUT2D eigenvalue weighted by atomic mass is 9.97. The number of anilines is 1. The number of amides is 1. The third-order valence-electron chi connectivity index (χ3n) is 4.40. The Labute approximate surface area is 148 Å². The van der Waals surface area contributed by atoms with E-state index in [0.717, 1.165) is 29.8 Å². The number of Topliss-reactive ketones (excluding diaryl/α,β-unsaturated/α-hetero) is 1. The molecule has 4 rings (SSSR count). The number of rotatable bonds is 3. The van der Waals surface area contributed by atoms with Crippen LogP contribution in [-0.4, -0.2) is 26.2 Å². The number of carbonyl (C=O) groups is 2. The van der Waals surface area contributed by atoms with Gasteiger partial charge in [-0.2, -0.15) is 11.3 Å². The fourth-order valence-corrected chi connectivity index (χ4v) is 3.75. The molecule has 6 nitrogen and oxygen atoms in total. The van der Waals surface area contributed by atoms with E-state index in [-0.39, 0.29) is 17.6 Å². The molecule has 25 heavy (non-hydrogen) atoms. The van der Waals surface area contributed by atoms with E-state index in [2.05, 4.69) is 15.3 Å². The van der Waals surface area contributed by atoms with Crippen molar-refractivity contribution in [2.24, 2.45) is 7.05 Å². The Bertz CT molecular complexity index is 960. The van der Waals surface area contributed by atoms with Gasteiger partial charge in [0.15, 0.2) is 5.78 Å². The highest BCUT2D eigenvalue weighted by Crippen LogP contribution is 2.29. The number of fused-ring (bicyclic) bond motifs is 1. The van der Waals surface area contributed by atoms with Crippen molar-refractivity contribution in [1.29, 1.82) is 0 Å². The van der Waals surface area contributed by atoms with Crippen LogP contribution in [0, 0.1) is 0 Å². The lowest BCUT2D eigenvalue weighted by Crippen LogP contribution is -2.13. The Balaban J connectivity index is 1.66. The van der Waals surface area contributed by atoms with E-state index in [1.54, 1.807) is 23.7 Å². The molecule has 126 valence electrons. The zero-order valence-corrected chi connectivity index (χ0v) is 14.5. The van der Waals surface area contributed by atoms with Crippen LogP contribution in [0.3, 0.4) is 0 Å². The number of hydrogen-bond acceptors (Lipinski definition) is 5. The molecule has 0 saturated heterocycles. The molecule has 0 aliphatic heterocycles. The highest BCUT2D eigenvalue weighted by molar-refractivity contribution is 7.08. The number of ketones is 1. The minimum atomic E-state index is -0.236. The van der Waals surface area contributed by atoms with Crippen LogP contribution in [0.1, 0.15) is 39.3 Å².